The molecule has 0 radical (unpaired) electrons. The van der Waals surface area contributed by atoms with Crippen molar-refractivity contribution in [3.63, 3.8) is 0 Å². The number of hydrogen-bond donors (Lipinski definition) is 2. The molecule has 5 heteroatoms. The number of aromatic nitrogens is 2. The van der Waals surface area contributed by atoms with Crippen LogP contribution >= 0.6 is 0 Å². The first-order chi connectivity index (χ1) is 12.8. The fourth-order valence-corrected chi connectivity index (χ4v) is 3.46. The maximum Gasteiger partial charge on any atom is 0.139 e. The van der Waals surface area contributed by atoms with E-state index in [0.29, 0.717) is 12.1 Å². The average molecular weight is 352 g/mol. The van der Waals surface area contributed by atoms with Crippen LogP contribution in [0.3, 0.4) is 0 Å². The summed E-state index contributed by atoms with van der Waals surface area (Å²) in [5.74, 6) is 1.66. The van der Waals surface area contributed by atoms with Gasteiger partial charge in [-0.2, -0.15) is 0 Å². The Morgan fingerprint density at radius 1 is 1.12 bits per heavy atom. The van der Waals surface area contributed by atoms with E-state index in [-0.39, 0.29) is 0 Å². The fraction of sp³-hybridized carbons (Fsp3) is 0.429. The SMILES string of the molecule is C=Cc1c(NC)ncnc1NC1CCC(OCCc2ccccc2)CC1. The van der Waals surface area contributed by atoms with Crippen LogP contribution in [0.15, 0.2) is 43.2 Å². The molecule has 2 N–H and O–H groups in total. The summed E-state index contributed by atoms with van der Waals surface area (Å²) in [6.07, 6.45) is 9.08. The summed E-state index contributed by atoms with van der Waals surface area (Å²) in [6, 6.07) is 10.9. The Labute approximate surface area is 155 Å². The Kier molecular flexibility index (Phi) is 6.61. The standard InChI is InChI=1S/C21H28N4O/c1-3-19-20(22-2)23-15-24-21(19)25-17-9-11-18(12-10-17)26-14-13-16-7-5-4-6-8-16/h3-8,15,17-18H,1,9-14H2,2H3,(H2,22,23,24,25). The average Bonchev–Trinajstić information content (AvgIpc) is 2.70. The van der Waals surface area contributed by atoms with Crippen molar-refractivity contribution in [1.82, 2.24) is 9.97 Å². The van der Waals surface area contributed by atoms with Crippen LogP contribution < -0.4 is 10.6 Å². The lowest BCUT2D eigenvalue weighted by Crippen LogP contribution is -2.30. The van der Waals surface area contributed by atoms with Crippen molar-refractivity contribution in [3.05, 3.63) is 54.4 Å². The summed E-state index contributed by atoms with van der Waals surface area (Å²) in [6.45, 7) is 4.68. The molecular weight excluding hydrogens is 324 g/mol. The zero-order valence-electron chi connectivity index (χ0n) is 15.4. The van der Waals surface area contributed by atoms with Crippen molar-refractivity contribution in [3.8, 4) is 0 Å². The molecule has 1 aromatic carbocycles. The summed E-state index contributed by atoms with van der Waals surface area (Å²) < 4.78 is 6.09. The largest absolute Gasteiger partial charge is 0.378 e. The molecule has 0 aliphatic heterocycles. The topological polar surface area (TPSA) is 59.1 Å². The minimum atomic E-state index is 0.369. The first-order valence-corrected chi connectivity index (χ1v) is 9.37. The van der Waals surface area contributed by atoms with E-state index >= 15 is 0 Å². The van der Waals surface area contributed by atoms with Gasteiger partial charge >= 0.3 is 0 Å². The smallest absolute Gasteiger partial charge is 0.139 e. The molecule has 0 saturated heterocycles. The number of anilines is 2. The molecule has 0 spiro atoms. The number of nitrogens with zero attached hydrogens (tertiary/aromatic N) is 2. The van der Waals surface area contributed by atoms with Crippen LogP contribution in [0, 0.1) is 0 Å². The monoisotopic (exact) mass is 352 g/mol. The predicted octanol–water partition coefficient (Wildman–Crippen LogP) is 4.14. The molecule has 2 aromatic rings. The molecule has 1 aromatic heterocycles. The van der Waals surface area contributed by atoms with Crippen molar-refractivity contribution >= 4 is 17.7 Å². The van der Waals surface area contributed by atoms with E-state index in [1.165, 1.54) is 5.56 Å². The summed E-state index contributed by atoms with van der Waals surface area (Å²) in [5.41, 5.74) is 2.26. The number of rotatable bonds is 8. The third kappa shape index (κ3) is 4.82. The quantitative estimate of drug-likeness (QED) is 0.747. The minimum Gasteiger partial charge on any atom is -0.378 e. The van der Waals surface area contributed by atoms with Crippen molar-refractivity contribution < 1.29 is 4.74 Å². The van der Waals surface area contributed by atoms with E-state index < -0.39 is 0 Å². The molecule has 0 atom stereocenters. The van der Waals surface area contributed by atoms with Crippen molar-refractivity contribution in [2.24, 2.45) is 0 Å². The van der Waals surface area contributed by atoms with Gasteiger partial charge in [0.05, 0.1) is 18.3 Å². The van der Waals surface area contributed by atoms with Gasteiger partial charge in [-0.3, -0.25) is 0 Å². The van der Waals surface area contributed by atoms with E-state index in [0.717, 1.165) is 55.9 Å². The molecule has 0 unspecified atom stereocenters. The van der Waals surface area contributed by atoms with Crippen LogP contribution in [-0.4, -0.2) is 35.8 Å². The second-order valence-electron chi connectivity index (χ2n) is 6.66. The predicted molar refractivity (Wildman–Crippen MR) is 107 cm³/mol. The number of ether oxygens (including phenoxy) is 1. The zero-order chi connectivity index (χ0) is 18.2. The highest BCUT2D eigenvalue weighted by atomic mass is 16.5. The fourth-order valence-electron chi connectivity index (χ4n) is 3.46. The van der Waals surface area contributed by atoms with Gasteiger partial charge in [0.2, 0.25) is 0 Å². The van der Waals surface area contributed by atoms with Crippen molar-refractivity contribution in [2.75, 3.05) is 24.3 Å². The lowest BCUT2D eigenvalue weighted by atomic mass is 9.93. The van der Waals surface area contributed by atoms with Gasteiger partial charge in [-0.25, -0.2) is 9.97 Å². The second-order valence-corrected chi connectivity index (χ2v) is 6.66. The van der Waals surface area contributed by atoms with Gasteiger partial charge in [-0.15, -0.1) is 0 Å². The van der Waals surface area contributed by atoms with Crippen LogP contribution in [0.25, 0.3) is 6.08 Å². The maximum atomic E-state index is 6.09. The molecule has 138 valence electrons. The minimum absolute atomic E-state index is 0.369. The molecular formula is C21H28N4O. The number of hydrogen-bond acceptors (Lipinski definition) is 5. The lowest BCUT2D eigenvalue weighted by Gasteiger charge is -2.30. The van der Waals surface area contributed by atoms with Crippen molar-refractivity contribution in [2.45, 2.75) is 44.2 Å². The van der Waals surface area contributed by atoms with Crippen LogP contribution in [0.4, 0.5) is 11.6 Å². The molecule has 1 saturated carbocycles. The van der Waals surface area contributed by atoms with Crippen LogP contribution in [0.1, 0.15) is 36.8 Å². The third-order valence-electron chi connectivity index (χ3n) is 4.93. The summed E-state index contributed by atoms with van der Waals surface area (Å²) in [4.78, 5) is 8.63. The van der Waals surface area contributed by atoms with Gasteiger partial charge in [-0.05, 0) is 37.7 Å². The first kappa shape index (κ1) is 18.4. The highest BCUT2D eigenvalue weighted by Gasteiger charge is 2.22. The number of nitrogens with one attached hydrogen (secondary N) is 2. The molecule has 0 amide bonds. The zero-order valence-corrected chi connectivity index (χ0v) is 15.4. The normalized spacial score (nSPS) is 19.7. The van der Waals surface area contributed by atoms with Gasteiger partial charge in [0, 0.05) is 13.1 Å². The highest BCUT2D eigenvalue weighted by Crippen LogP contribution is 2.27. The third-order valence-corrected chi connectivity index (χ3v) is 4.93. The Morgan fingerprint density at radius 2 is 1.85 bits per heavy atom. The molecule has 5 nitrogen and oxygen atoms in total. The van der Waals surface area contributed by atoms with Gasteiger partial charge in [0.1, 0.15) is 18.0 Å². The first-order valence-electron chi connectivity index (χ1n) is 9.37. The molecule has 1 aliphatic carbocycles. The Hall–Kier alpha value is -2.40. The van der Waals surface area contributed by atoms with E-state index in [1.54, 1.807) is 12.4 Å². The van der Waals surface area contributed by atoms with Crippen molar-refractivity contribution in [1.29, 1.82) is 0 Å². The van der Waals surface area contributed by atoms with E-state index in [4.69, 9.17) is 4.74 Å². The van der Waals surface area contributed by atoms with E-state index in [2.05, 4.69) is 51.4 Å². The Morgan fingerprint density at radius 3 is 2.54 bits per heavy atom. The van der Waals surface area contributed by atoms with Crippen LogP contribution in [-0.2, 0) is 11.2 Å². The van der Waals surface area contributed by atoms with Crippen LogP contribution in [0.2, 0.25) is 0 Å². The molecule has 1 aliphatic rings. The molecule has 1 fully saturated rings. The van der Waals surface area contributed by atoms with Gasteiger partial charge in [-0.1, -0.05) is 43.0 Å². The van der Waals surface area contributed by atoms with Gasteiger partial charge in [0.15, 0.2) is 0 Å². The summed E-state index contributed by atoms with van der Waals surface area (Å²) >= 11 is 0. The van der Waals surface area contributed by atoms with Gasteiger partial charge in [0.25, 0.3) is 0 Å². The second kappa shape index (κ2) is 9.34. The van der Waals surface area contributed by atoms with E-state index in [1.807, 2.05) is 13.1 Å². The molecule has 1 heterocycles. The highest BCUT2D eigenvalue weighted by molar-refractivity contribution is 5.72. The summed E-state index contributed by atoms with van der Waals surface area (Å²) in [5, 5.41) is 6.65. The Bertz CT molecular complexity index is 696. The van der Waals surface area contributed by atoms with E-state index in [9.17, 15) is 0 Å². The Balaban J connectivity index is 1.45. The van der Waals surface area contributed by atoms with Gasteiger partial charge < -0.3 is 15.4 Å². The summed E-state index contributed by atoms with van der Waals surface area (Å²) in [7, 11) is 1.86. The van der Waals surface area contributed by atoms with Crippen LogP contribution in [0.5, 0.6) is 0 Å². The molecule has 0 bridgehead atoms. The number of benzene rings is 1. The maximum absolute atomic E-state index is 6.09. The lowest BCUT2D eigenvalue weighted by molar-refractivity contribution is 0.0282. The molecule has 3 rings (SSSR count). The molecule has 26 heavy (non-hydrogen) atoms.